The van der Waals surface area contributed by atoms with Gasteiger partial charge in [0, 0.05) is 0 Å². The van der Waals surface area contributed by atoms with Crippen LogP contribution in [0.3, 0.4) is 0 Å². The van der Waals surface area contributed by atoms with E-state index in [2.05, 4.69) is 0 Å². The molecule has 2 aliphatic heterocycles. The topological polar surface area (TPSA) is 52.6 Å². The van der Waals surface area contributed by atoms with Gasteiger partial charge < -0.3 is 8.37 Å². The Morgan fingerprint density at radius 2 is 1.92 bits per heavy atom. The van der Waals surface area contributed by atoms with Gasteiger partial charge in [-0.15, -0.1) is 11.8 Å². The summed E-state index contributed by atoms with van der Waals surface area (Å²) in [5.41, 5.74) is 0. The predicted molar refractivity (Wildman–Crippen MR) is 46.6 cm³/mol. The van der Waals surface area contributed by atoms with Crippen LogP contribution in [0.4, 0.5) is 0 Å². The molecule has 1 spiro atoms. The molecule has 0 N–H and O–H groups in total. The Morgan fingerprint density at radius 1 is 1.25 bits per heavy atom. The second-order valence-electron chi connectivity index (χ2n) is 2.57. The van der Waals surface area contributed by atoms with E-state index in [1.54, 1.807) is 11.8 Å². The second-order valence-corrected chi connectivity index (χ2v) is 6.56. The molecule has 0 atom stereocenters. The maximum atomic E-state index is 10.8. The Kier molecular flexibility index (Phi) is 1.96. The maximum absolute atomic E-state index is 10.8. The molecule has 0 saturated carbocycles. The van der Waals surface area contributed by atoms with E-state index in [9.17, 15) is 9.59 Å². The van der Waals surface area contributed by atoms with E-state index in [0.717, 1.165) is 17.9 Å². The van der Waals surface area contributed by atoms with Crippen LogP contribution in [0.15, 0.2) is 0 Å². The second kappa shape index (κ2) is 2.85. The molecule has 0 aromatic carbocycles. The quantitative estimate of drug-likeness (QED) is 0.551. The summed E-state index contributed by atoms with van der Waals surface area (Å²) in [5.74, 6) is 0.154. The highest BCUT2D eigenvalue weighted by atomic mass is 32.3. The highest BCUT2D eigenvalue weighted by molar-refractivity contribution is 8.34. The molecule has 0 aromatic heterocycles. The highest BCUT2D eigenvalue weighted by Gasteiger charge is 2.42. The smallest absolute Gasteiger partial charge is 0.333 e. The van der Waals surface area contributed by atoms with Gasteiger partial charge >= 0.3 is 11.9 Å². The fourth-order valence-corrected chi connectivity index (χ4v) is 5.47. The monoisotopic (exact) mass is 208 g/mol. The van der Waals surface area contributed by atoms with Gasteiger partial charge in [0.2, 0.25) is 0 Å². The predicted octanol–water partition coefficient (Wildman–Crippen LogP) is 0.815. The highest BCUT2D eigenvalue weighted by Crippen LogP contribution is 2.59. The van der Waals surface area contributed by atoms with Crippen LogP contribution in [0.25, 0.3) is 0 Å². The molecule has 0 bridgehead atoms. The van der Waals surface area contributed by atoms with Crippen LogP contribution in [0.1, 0.15) is 6.42 Å². The number of thioether (sulfide) groups is 1. The van der Waals surface area contributed by atoms with Crippen LogP contribution < -0.4 is 0 Å². The summed E-state index contributed by atoms with van der Waals surface area (Å²) in [5, 5.41) is 0.657. The van der Waals surface area contributed by atoms with E-state index in [-0.39, 0.29) is 0 Å². The van der Waals surface area contributed by atoms with Crippen molar-refractivity contribution in [2.45, 2.75) is 6.42 Å². The molecule has 2 rings (SSSR count). The van der Waals surface area contributed by atoms with Crippen molar-refractivity contribution in [3.63, 3.8) is 0 Å². The molecule has 0 unspecified atom stereocenters. The SMILES string of the molecule is O=C1OS2(CCCSC2)OC1=O. The molecular formula is C6H8O4S2. The zero-order valence-corrected chi connectivity index (χ0v) is 7.91. The van der Waals surface area contributed by atoms with Crippen molar-refractivity contribution in [3.8, 4) is 0 Å². The summed E-state index contributed by atoms with van der Waals surface area (Å²) in [7, 11) is -1.80. The van der Waals surface area contributed by atoms with Crippen LogP contribution >= 0.6 is 22.4 Å². The number of carbonyl (C=O) groups excluding carboxylic acids is 2. The number of rotatable bonds is 0. The molecule has 2 fully saturated rings. The van der Waals surface area contributed by atoms with Crippen molar-refractivity contribution in [3.05, 3.63) is 0 Å². The molecule has 0 aromatic rings. The van der Waals surface area contributed by atoms with Crippen LogP contribution in [-0.2, 0) is 18.0 Å². The molecule has 2 aliphatic rings. The fourth-order valence-electron chi connectivity index (χ4n) is 1.12. The molecular weight excluding hydrogens is 200 g/mol. The van der Waals surface area contributed by atoms with Crippen LogP contribution in [-0.4, -0.2) is 28.5 Å². The van der Waals surface area contributed by atoms with E-state index in [0.29, 0.717) is 5.08 Å². The summed E-state index contributed by atoms with van der Waals surface area (Å²) in [6, 6.07) is 0. The van der Waals surface area contributed by atoms with Crippen molar-refractivity contribution in [2.24, 2.45) is 0 Å². The first-order valence-corrected chi connectivity index (χ1v) is 6.53. The first-order chi connectivity index (χ1) is 5.72. The van der Waals surface area contributed by atoms with Crippen molar-refractivity contribution in [1.82, 2.24) is 0 Å². The van der Waals surface area contributed by atoms with E-state index in [1.807, 2.05) is 0 Å². The van der Waals surface area contributed by atoms with Crippen LogP contribution in [0, 0.1) is 0 Å². The van der Waals surface area contributed by atoms with Gasteiger partial charge in [-0.05, 0) is 12.2 Å². The Bertz CT molecular complexity index is 216. The van der Waals surface area contributed by atoms with E-state index >= 15 is 0 Å². The molecule has 2 heterocycles. The van der Waals surface area contributed by atoms with Crippen molar-refractivity contribution < 1.29 is 18.0 Å². The molecule has 4 nitrogen and oxygen atoms in total. The lowest BCUT2D eigenvalue weighted by molar-refractivity contribution is -0.150. The van der Waals surface area contributed by atoms with Crippen LogP contribution in [0.2, 0.25) is 0 Å². The minimum absolute atomic E-state index is 0.657. The summed E-state index contributed by atoms with van der Waals surface area (Å²) in [4.78, 5) is 21.5. The van der Waals surface area contributed by atoms with Gasteiger partial charge in [-0.1, -0.05) is 10.6 Å². The first kappa shape index (κ1) is 8.25. The summed E-state index contributed by atoms with van der Waals surface area (Å²) in [6.45, 7) is 0. The van der Waals surface area contributed by atoms with Gasteiger partial charge in [0.25, 0.3) is 0 Å². The standard InChI is InChI=1S/C6H8O4S2/c7-5-6(8)10-12(9-5)3-1-2-11-4-12/h1-4H2. The lowest BCUT2D eigenvalue weighted by Crippen LogP contribution is -2.14. The summed E-state index contributed by atoms with van der Waals surface area (Å²) < 4.78 is 9.91. The molecule has 2 saturated heterocycles. The minimum Gasteiger partial charge on any atom is -0.333 e. The number of carbonyl (C=O) groups is 2. The van der Waals surface area contributed by atoms with Crippen molar-refractivity contribution in [2.75, 3.05) is 16.6 Å². The lowest BCUT2D eigenvalue weighted by atomic mass is 10.6. The Morgan fingerprint density at radius 3 is 2.42 bits per heavy atom. The normalized spacial score (nSPS) is 29.7. The van der Waals surface area contributed by atoms with Gasteiger partial charge in [-0.2, -0.15) is 0 Å². The summed E-state index contributed by atoms with van der Waals surface area (Å²) >= 11 is 1.68. The zero-order chi connectivity index (χ0) is 8.60. The number of hydrogen-bond donors (Lipinski definition) is 0. The molecule has 0 aliphatic carbocycles. The Labute approximate surface area is 75.7 Å². The van der Waals surface area contributed by atoms with Gasteiger partial charge in [-0.25, -0.2) is 9.59 Å². The molecule has 6 heteroatoms. The molecule has 0 radical (unpaired) electrons. The van der Waals surface area contributed by atoms with Gasteiger partial charge in [0.15, 0.2) is 0 Å². The largest absolute Gasteiger partial charge is 0.441 e. The molecule has 0 amide bonds. The maximum Gasteiger partial charge on any atom is 0.441 e. The zero-order valence-electron chi connectivity index (χ0n) is 6.28. The average molecular weight is 208 g/mol. The van der Waals surface area contributed by atoms with Gasteiger partial charge in [-0.3, -0.25) is 0 Å². The van der Waals surface area contributed by atoms with Gasteiger partial charge in [0.05, 0.1) is 5.75 Å². The molecule has 12 heavy (non-hydrogen) atoms. The third-order valence-electron chi connectivity index (χ3n) is 1.63. The third-order valence-corrected chi connectivity index (χ3v) is 6.13. The Balaban J connectivity index is 2.12. The van der Waals surface area contributed by atoms with E-state index in [1.165, 1.54) is 0 Å². The van der Waals surface area contributed by atoms with E-state index in [4.69, 9.17) is 8.37 Å². The van der Waals surface area contributed by atoms with Gasteiger partial charge in [0.1, 0.15) is 5.08 Å². The minimum atomic E-state index is -1.80. The number of hydrogen-bond acceptors (Lipinski definition) is 5. The summed E-state index contributed by atoms with van der Waals surface area (Å²) in [6.07, 6.45) is 0.959. The lowest BCUT2D eigenvalue weighted by Gasteiger charge is -2.37. The van der Waals surface area contributed by atoms with Crippen molar-refractivity contribution >= 4 is 34.3 Å². The fraction of sp³-hybridized carbons (Fsp3) is 0.667. The molecule has 68 valence electrons. The van der Waals surface area contributed by atoms with E-state index < -0.39 is 22.5 Å². The first-order valence-electron chi connectivity index (χ1n) is 3.55. The van der Waals surface area contributed by atoms with Crippen molar-refractivity contribution in [1.29, 1.82) is 0 Å². The Hall–Kier alpha value is -0.360. The average Bonchev–Trinajstić information content (AvgIpc) is 2.29. The van der Waals surface area contributed by atoms with Crippen LogP contribution in [0.5, 0.6) is 0 Å². The third kappa shape index (κ3) is 1.29.